The lowest BCUT2D eigenvalue weighted by molar-refractivity contribution is -0.120. The first-order chi connectivity index (χ1) is 14.1. The van der Waals surface area contributed by atoms with Crippen LogP contribution in [0.25, 0.3) is 16.9 Å². The normalized spacial score (nSPS) is 11.0. The Labute approximate surface area is 185 Å². The van der Waals surface area contributed by atoms with Crippen molar-refractivity contribution in [3.63, 3.8) is 0 Å². The summed E-state index contributed by atoms with van der Waals surface area (Å²) < 4.78 is 2.51. The molecule has 4 rings (SSSR count). The Hall–Kier alpha value is -2.42. The average molecular weight is 491 g/mol. The Balaban J connectivity index is 1.48. The highest BCUT2D eigenvalue weighted by Crippen LogP contribution is 2.30. The van der Waals surface area contributed by atoms with Gasteiger partial charge in [0.25, 0.3) is 0 Å². The number of rotatable bonds is 7. The largest absolute Gasteiger partial charge is 0.368 e. The fourth-order valence-electron chi connectivity index (χ4n) is 2.90. The fraction of sp³-hybridized carbons (Fsp3) is 0.150. The molecule has 148 valence electrons. The van der Waals surface area contributed by atoms with Crippen molar-refractivity contribution in [3.05, 3.63) is 68.4 Å². The standard InChI is InChI=1S/C20H17BrClN5OS/c21-15-12-25-27-18(23-7-8-24-19(28)10-13-4-3-9-29-13)11-17(26-20(15)27)14-5-1-2-6-16(14)22/h1-6,9,11-12,23H,7-8,10H2,(H,24,28). The molecule has 29 heavy (non-hydrogen) atoms. The number of aromatic nitrogens is 3. The predicted octanol–water partition coefficient (Wildman–Crippen LogP) is 4.64. The molecule has 0 spiro atoms. The summed E-state index contributed by atoms with van der Waals surface area (Å²) >= 11 is 11.4. The van der Waals surface area contributed by atoms with E-state index in [1.807, 2.05) is 47.8 Å². The monoisotopic (exact) mass is 489 g/mol. The van der Waals surface area contributed by atoms with Gasteiger partial charge < -0.3 is 10.6 Å². The topological polar surface area (TPSA) is 71.3 Å². The van der Waals surface area contributed by atoms with Gasteiger partial charge in [-0.25, -0.2) is 4.98 Å². The molecule has 0 fully saturated rings. The molecule has 0 radical (unpaired) electrons. The SMILES string of the molecule is O=C(Cc1cccs1)NCCNc1cc(-c2ccccc2Cl)nc2c(Br)cnn12. The van der Waals surface area contributed by atoms with E-state index in [1.165, 1.54) is 0 Å². The van der Waals surface area contributed by atoms with Crippen molar-refractivity contribution in [2.24, 2.45) is 0 Å². The minimum Gasteiger partial charge on any atom is -0.368 e. The highest BCUT2D eigenvalue weighted by molar-refractivity contribution is 9.10. The Morgan fingerprint density at radius 2 is 2.07 bits per heavy atom. The van der Waals surface area contributed by atoms with Gasteiger partial charge in [-0.2, -0.15) is 9.61 Å². The van der Waals surface area contributed by atoms with Crippen LogP contribution in [0.4, 0.5) is 5.82 Å². The number of nitrogens with zero attached hydrogens (tertiary/aromatic N) is 3. The van der Waals surface area contributed by atoms with Crippen LogP contribution in [0.15, 0.2) is 58.5 Å². The number of halogens is 2. The van der Waals surface area contributed by atoms with Gasteiger partial charge in [0.2, 0.25) is 5.91 Å². The number of thiophene rings is 1. The average Bonchev–Trinajstić information content (AvgIpc) is 3.35. The first kappa shape index (κ1) is 19.9. The van der Waals surface area contributed by atoms with Crippen LogP contribution >= 0.6 is 38.9 Å². The summed E-state index contributed by atoms with van der Waals surface area (Å²) in [5, 5.41) is 13.2. The quantitative estimate of drug-likeness (QED) is 0.370. The van der Waals surface area contributed by atoms with Crippen LogP contribution in [0.1, 0.15) is 4.88 Å². The molecule has 0 aliphatic heterocycles. The summed E-state index contributed by atoms with van der Waals surface area (Å²) in [5.41, 5.74) is 2.28. The maximum Gasteiger partial charge on any atom is 0.225 e. The molecule has 6 nitrogen and oxygen atoms in total. The van der Waals surface area contributed by atoms with Crippen molar-refractivity contribution in [2.45, 2.75) is 6.42 Å². The van der Waals surface area contributed by atoms with Crippen LogP contribution < -0.4 is 10.6 Å². The molecule has 0 saturated heterocycles. The molecule has 0 aliphatic rings. The van der Waals surface area contributed by atoms with Crippen LogP contribution in [0.5, 0.6) is 0 Å². The number of carbonyl (C=O) groups excluding carboxylic acids is 1. The maximum atomic E-state index is 12.0. The molecule has 3 aromatic heterocycles. The summed E-state index contributed by atoms with van der Waals surface area (Å²) in [6, 6.07) is 13.4. The number of amides is 1. The lowest BCUT2D eigenvalue weighted by atomic mass is 10.1. The van der Waals surface area contributed by atoms with Gasteiger partial charge in [0.1, 0.15) is 5.82 Å². The van der Waals surface area contributed by atoms with Gasteiger partial charge in [-0.3, -0.25) is 4.79 Å². The molecule has 0 bridgehead atoms. The van der Waals surface area contributed by atoms with E-state index >= 15 is 0 Å². The van der Waals surface area contributed by atoms with Gasteiger partial charge in [-0.1, -0.05) is 35.9 Å². The van der Waals surface area contributed by atoms with Gasteiger partial charge in [0, 0.05) is 34.6 Å². The Bertz CT molecular complexity index is 1150. The van der Waals surface area contributed by atoms with E-state index in [2.05, 4.69) is 36.6 Å². The summed E-state index contributed by atoms with van der Waals surface area (Å²) in [4.78, 5) is 17.8. The molecular weight excluding hydrogens is 474 g/mol. The van der Waals surface area contributed by atoms with Crippen LogP contribution in [0, 0.1) is 0 Å². The van der Waals surface area contributed by atoms with E-state index in [0.717, 1.165) is 26.4 Å². The highest BCUT2D eigenvalue weighted by Gasteiger charge is 2.13. The third-order valence-corrected chi connectivity index (χ3v) is 6.01. The first-order valence-corrected chi connectivity index (χ1v) is 11.0. The lowest BCUT2D eigenvalue weighted by Crippen LogP contribution is -2.30. The summed E-state index contributed by atoms with van der Waals surface area (Å²) in [6.07, 6.45) is 2.10. The van der Waals surface area contributed by atoms with Crippen molar-refractivity contribution >= 4 is 56.2 Å². The summed E-state index contributed by atoms with van der Waals surface area (Å²) in [5.74, 6) is 0.774. The molecule has 4 aromatic rings. The molecule has 3 heterocycles. The van der Waals surface area contributed by atoms with E-state index < -0.39 is 0 Å². The maximum absolute atomic E-state index is 12.0. The fourth-order valence-corrected chi connectivity index (χ4v) is 4.18. The van der Waals surface area contributed by atoms with E-state index in [1.54, 1.807) is 22.0 Å². The third kappa shape index (κ3) is 4.60. The Kier molecular flexibility index (Phi) is 6.13. The van der Waals surface area contributed by atoms with Crippen molar-refractivity contribution < 1.29 is 4.79 Å². The Morgan fingerprint density at radius 1 is 1.21 bits per heavy atom. The number of carbonyl (C=O) groups is 1. The van der Waals surface area contributed by atoms with Crippen LogP contribution in [-0.4, -0.2) is 33.6 Å². The number of anilines is 1. The Morgan fingerprint density at radius 3 is 2.86 bits per heavy atom. The van der Waals surface area contributed by atoms with Gasteiger partial charge in [0.05, 0.1) is 22.8 Å². The van der Waals surface area contributed by atoms with E-state index in [-0.39, 0.29) is 5.91 Å². The minimum absolute atomic E-state index is 0.00714. The number of hydrogen-bond acceptors (Lipinski definition) is 5. The molecule has 2 N–H and O–H groups in total. The molecule has 0 atom stereocenters. The van der Waals surface area contributed by atoms with Crippen LogP contribution in [0.2, 0.25) is 5.02 Å². The zero-order valence-corrected chi connectivity index (χ0v) is 18.4. The molecular formula is C20H17BrClN5OS. The zero-order valence-electron chi connectivity index (χ0n) is 15.2. The van der Waals surface area contributed by atoms with Gasteiger partial charge in [-0.15, -0.1) is 11.3 Å². The molecule has 9 heteroatoms. The smallest absolute Gasteiger partial charge is 0.225 e. The number of nitrogens with one attached hydrogen (secondary N) is 2. The summed E-state index contributed by atoms with van der Waals surface area (Å²) in [6.45, 7) is 1.05. The highest BCUT2D eigenvalue weighted by atomic mass is 79.9. The van der Waals surface area contributed by atoms with E-state index in [4.69, 9.17) is 11.6 Å². The molecule has 1 aromatic carbocycles. The second-order valence-electron chi connectivity index (χ2n) is 6.27. The first-order valence-electron chi connectivity index (χ1n) is 8.94. The van der Waals surface area contributed by atoms with Gasteiger partial charge in [-0.05, 0) is 33.4 Å². The van der Waals surface area contributed by atoms with Crippen molar-refractivity contribution in [2.75, 3.05) is 18.4 Å². The summed E-state index contributed by atoms with van der Waals surface area (Å²) in [7, 11) is 0. The van der Waals surface area contributed by atoms with Gasteiger partial charge in [0.15, 0.2) is 5.65 Å². The van der Waals surface area contributed by atoms with Crippen LogP contribution in [-0.2, 0) is 11.2 Å². The van der Waals surface area contributed by atoms with Crippen molar-refractivity contribution in [3.8, 4) is 11.3 Å². The van der Waals surface area contributed by atoms with E-state index in [0.29, 0.717) is 30.2 Å². The second kappa shape index (κ2) is 8.94. The lowest BCUT2D eigenvalue weighted by Gasteiger charge is -2.12. The van der Waals surface area contributed by atoms with Crippen molar-refractivity contribution in [1.82, 2.24) is 19.9 Å². The van der Waals surface area contributed by atoms with Crippen LogP contribution in [0.3, 0.4) is 0 Å². The number of benzene rings is 1. The molecule has 0 unspecified atom stereocenters. The predicted molar refractivity (Wildman–Crippen MR) is 121 cm³/mol. The second-order valence-corrected chi connectivity index (χ2v) is 8.56. The zero-order chi connectivity index (χ0) is 20.2. The molecule has 0 aliphatic carbocycles. The molecule has 1 amide bonds. The van der Waals surface area contributed by atoms with E-state index in [9.17, 15) is 4.79 Å². The molecule has 0 saturated carbocycles. The number of fused-ring (bicyclic) bond motifs is 1. The minimum atomic E-state index is 0.00714. The number of hydrogen-bond donors (Lipinski definition) is 2. The third-order valence-electron chi connectivity index (χ3n) is 4.25. The van der Waals surface area contributed by atoms with Gasteiger partial charge >= 0.3 is 0 Å². The van der Waals surface area contributed by atoms with Crippen molar-refractivity contribution in [1.29, 1.82) is 0 Å².